The van der Waals surface area contributed by atoms with E-state index in [1.165, 1.54) is 5.56 Å². The zero-order chi connectivity index (χ0) is 12.5. The third-order valence-corrected chi connectivity index (χ3v) is 2.78. The molecule has 1 aromatic rings. The molecule has 92 valence electrons. The van der Waals surface area contributed by atoms with Crippen molar-refractivity contribution in [2.75, 3.05) is 13.2 Å². The lowest BCUT2D eigenvalue weighted by Gasteiger charge is -2.18. The van der Waals surface area contributed by atoms with Gasteiger partial charge in [-0.05, 0) is 25.5 Å². The van der Waals surface area contributed by atoms with Crippen LogP contribution in [0, 0.1) is 0 Å². The van der Waals surface area contributed by atoms with E-state index >= 15 is 0 Å². The molecule has 1 heterocycles. The van der Waals surface area contributed by atoms with Crippen molar-refractivity contribution in [3.63, 3.8) is 0 Å². The molecule has 0 fully saturated rings. The summed E-state index contributed by atoms with van der Waals surface area (Å²) in [7, 11) is 0. The lowest BCUT2D eigenvalue weighted by molar-refractivity contribution is 0.133. The molecule has 1 aliphatic heterocycles. The highest BCUT2D eigenvalue weighted by molar-refractivity contribution is 5.50. The van der Waals surface area contributed by atoms with Gasteiger partial charge in [0.05, 0.1) is 0 Å². The number of rotatable bonds is 4. The molecule has 3 nitrogen and oxygen atoms in total. The molecular formula is C14H19NO2. The minimum absolute atomic E-state index is 0.146. The van der Waals surface area contributed by atoms with Crippen LogP contribution < -0.4 is 15.2 Å². The zero-order valence-electron chi connectivity index (χ0n) is 10.5. The van der Waals surface area contributed by atoms with Gasteiger partial charge in [-0.25, -0.2) is 0 Å². The van der Waals surface area contributed by atoms with Gasteiger partial charge < -0.3 is 15.2 Å². The summed E-state index contributed by atoms with van der Waals surface area (Å²) >= 11 is 0. The van der Waals surface area contributed by atoms with Gasteiger partial charge in [-0.15, -0.1) is 0 Å². The summed E-state index contributed by atoms with van der Waals surface area (Å²) in [6.45, 7) is 8.86. The molecule has 0 unspecified atom stereocenters. The molecule has 0 saturated carbocycles. The van der Waals surface area contributed by atoms with E-state index in [2.05, 4.69) is 26.5 Å². The van der Waals surface area contributed by atoms with Crippen LogP contribution in [0.4, 0.5) is 0 Å². The molecule has 3 heteroatoms. The number of para-hydroxylation sites is 1. The van der Waals surface area contributed by atoms with Crippen molar-refractivity contribution in [3.05, 3.63) is 35.9 Å². The van der Waals surface area contributed by atoms with Gasteiger partial charge in [0.25, 0.3) is 0 Å². The first kappa shape index (κ1) is 12.0. The second-order valence-corrected chi connectivity index (χ2v) is 5.03. The van der Waals surface area contributed by atoms with Gasteiger partial charge in [-0.3, -0.25) is 0 Å². The van der Waals surface area contributed by atoms with Crippen LogP contribution in [0.1, 0.15) is 19.4 Å². The topological polar surface area (TPSA) is 44.5 Å². The van der Waals surface area contributed by atoms with E-state index in [1.54, 1.807) is 0 Å². The molecule has 1 aliphatic rings. The van der Waals surface area contributed by atoms with Gasteiger partial charge >= 0.3 is 0 Å². The van der Waals surface area contributed by atoms with Gasteiger partial charge in [0.15, 0.2) is 11.5 Å². The first-order valence-electron chi connectivity index (χ1n) is 5.82. The van der Waals surface area contributed by atoms with Crippen LogP contribution in [-0.2, 0) is 6.42 Å². The van der Waals surface area contributed by atoms with Gasteiger partial charge in [-0.1, -0.05) is 18.7 Å². The van der Waals surface area contributed by atoms with Crippen LogP contribution in [-0.4, -0.2) is 18.8 Å². The fourth-order valence-corrected chi connectivity index (χ4v) is 1.94. The third-order valence-electron chi connectivity index (χ3n) is 2.78. The Labute approximate surface area is 102 Å². The molecule has 0 saturated heterocycles. The molecule has 2 rings (SSSR count). The second-order valence-electron chi connectivity index (χ2n) is 5.03. The molecule has 0 bridgehead atoms. The molecule has 1 aromatic carbocycles. The Morgan fingerprint density at radius 1 is 1.53 bits per heavy atom. The maximum Gasteiger partial charge on any atom is 0.165 e. The number of hydrogen-bond acceptors (Lipinski definition) is 3. The van der Waals surface area contributed by atoms with Gasteiger partial charge in [0, 0.05) is 18.5 Å². The molecule has 0 radical (unpaired) electrons. The number of nitrogens with two attached hydrogens (primary N) is 1. The van der Waals surface area contributed by atoms with Gasteiger partial charge in [0.1, 0.15) is 12.2 Å². The van der Waals surface area contributed by atoms with Crippen molar-refractivity contribution in [2.45, 2.75) is 25.9 Å². The van der Waals surface area contributed by atoms with E-state index in [4.69, 9.17) is 15.2 Å². The van der Waals surface area contributed by atoms with Crippen molar-refractivity contribution in [1.29, 1.82) is 0 Å². The summed E-state index contributed by atoms with van der Waals surface area (Å²) in [5.41, 5.74) is 7.41. The fourth-order valence-electron chi connectivity index (χ4n) is 1.94. The smallest absolute Gasteiger partial charge is 0.165 e. The Kier molecular flexibility index (Phi) is 3.11. The van der Waals surface area contributed by atoms with Crippen molar-refractivity contribution >= 4 is 0 Å². The summed E-state index contributed by atoms with van der Waals surface area (Å²) in [6.07, 6.45) is 0.914. The Balaban J connectivity index is 2.16. The second kappa shape index (κ2) is 4.41. The molecule has 0 aromatic heterocycles. The molecule has 0 aliphatic carbocycles. The summed E-state index contributed by atoms with van der Waals surface area (Å²) < 4.78 is 11.6. The number of ether oxygens (including phenoxy) is 2. The highest BCUT2D eigenvalue weighted by atomic mass is 16.5. The van der Waals surface area contributed by atoms with Crippen molar-refractivity contribution in [3.8, 4) is 11.5 Å². The van der Waals surface area contributed by atoms with E-state index in [-0.39, 0.29) is 5.60 Å². The molecular weight excluding hydrogens is 214 g/mol. The first-order valence-corrected chi connectivity index (χ1v) is 5.82. The molecule has 0 amide bonds. The Morgan fingerprint density at radius 3 is 3.00 bits per heavy atom. The van der Waals surface area contributed by atoms with Crippen LogP contribution in [0.25, 0.3) is 0 Å². The average Bonchev–Trinajstić information content (AvgIpc) is 2.60. The van der Waals surface area contributed by atoms with E-state index in [1.807, 2.05) is 12.1 Å². The monoisotopic (exact) mass is 233 g/mol. The predicted octanol–water partition coefficient (Wildman–Crippen LogP) is 2.29. The summed E-state index contributed by atoms with van der Waals surface area (Å²) in [5, 5.41) is 0. The number of fused-ring (bicyclic) bond motifs is 1. The molecule has 0 spiro atoms. The summed E-state index contributed by atoms with van der Waals surface area (Å²) in [5.74, 6) is 1.64. The van der Waals surface area contributed by atoms with E-state index < -0.39 is 0 Å². The van der Waals surface area contributed by atoms with E-state index in [0.717, 1.165) is 23.5 Å². The Hall–Kier alpha value is -1.48. The predicted molar refractivity (Wildman–Crippen MR) is 68.5 cm³/mol. The van der Waals surface area contributed by atoms with E-state index in [9.17, 15) is 0 Å². The summed E-state index contributed by atoms with van der Waals surface area (Å²) in [6, 6.07) is 5.99. The Morgan fingerprint density at radius 2 is 2.29 bits per heavy atom. The number of benzene rings is 1. The van der Waals surface area contributed by atoms with Crippen molar-refractivity contribution in [2.24, 2.45) is 5.73 Å². The highest BCUT2D eigenvalue weighted by Gasteiger charge is 2.32. The molecule has 17 heavy (non-hydrogen) atoms. The minimum Gasteiger partial charge on any atom is -0.485 e. The standard InChI is InChI=1S/C14H19NO2/c1-10(8-15)9-16-12-6-4-5-11-7-14(2,3)17-13(11)12/h4-6H,1,7-9,15H2,2-3H3. The average molecular weight is 233 g/mol. The van der Waals surface area contributed by atoms with Crippen molar-refractivity contribution in [1.82, 2.24) is 0 Å². The minimum atomic E-state index is -0.146. The lowest BCUT2D eigenvalue weighted by atomic mass is 10.0. The largest absolute Gasteiger partial charge is 0.485 e. The number of hydrogen-bond donors (Lipinski definition) is 1. The maximum atomic E-state index is 5.91. The first-order chi connectivity index (χ1) is 8.02. The SMILES string of the molecule is C=C(CN)COc1cccc2c1OC(C)(C)C2. The molecule has 0 atom stereocenters. The Bertz CT molecular complexity index is 438. The normalized spacial score (nSPS) is 16.2. The van der Waals surface area contributed by atoms with Crippen LogP contribution in [0.5, 0.6) is 11.5 Å². The summed E-state index contributed by atoms with van der Waals surface area (Å²) in [4.78, 5) is 0. The fraction of sp³-hybridized carbons (Fsp3) is 0.429. The van der Waals surface area contributed by atoms with Gasteiger partial charge in [-0.2, -0.15) is 0 Å². The van der Waals surface area contributed by atoms with Crippen LogP contribution in [0.15, 0.2) is 30.4 Å². The van der Waals surface area contributed by atoms with Crippen molar-refractivity contribution < 1.29 is 9.47 Å². The van der Waals surface area contributed by atoms with Crippen LogP contribution in [0.3, 0.4) is 0 Å². The lowest BCUT2D eigenvalue weighted by Crippen LogP contribution is -2.24. The maximum absolute atomic E-state index is 5.91. The zero-order valence-corrected chi connectivity index (χ0v) is 10.5. The molecule has 2 N–H and O–H groups in total. The van der Waals surface area contributed by atoms with Gasteiger partial charge in [0.2, 0.25) is 0 Å². The third kappa shape index (κ3) is 2.61. The quantitative estimate of drug-likeness (QED) is 0.811. The van der Waals surface area contributed by atoms with Crippen LogP contribution in [0.2, 0.25) is 0 Å². The van der Waals surface area contributed by atoms with E-state index in [0.29, 0.717) is 13.2 Å². The highest BCUT2D eigenvalue weighted by Crippen LogP contribution is 2.41. The van der Waals surface area contributed by atoms with Crippen LogP contribution >= 0.6 is 0 Å².